The van der Waals surface area contributed by atoms with Crippen LogP contribution >= 0.6 is 0 Å². The van der Waals surface area contributed by atoms with Crippen molar-refractivity contribution in [3.63, 3.8) is 0 Å². The Hall–Kier alpha value is -1.36. The van der Waals surface area contributed by atoms with Crippen molar-refractivity contribution in [2.45, 2.75) is 27.2 Å². The van der Waals surface area contributed by atoms with Crippen molar-refractivity contribution in [3.05, 3.63) is 36.1 Å². The highest BCUT2D eigenvalue weighted by Gasteiger charge is 1.77. The Morgan fingerprint density at radius 1 is 1.23 bits per heavy atom. The Balaban J connectivity index is 0. The third-order valence-corrected chi connectivity index (χ3v) is 0.891. The Morgan fingerprint density at radius 3 is 1.77 bits per heavy atom. The number of benzene rings is 1. The molecule has 0 saturated heterocycles. The number of hydrogen-bond donors (Lipinski definition) is 0. The quantitative estimate of drug-likeness (QED) is 0.597. The summed E-state index contributed by atoms with van der Waals surface area (Å²) in [7, 11) is 0. The molecule has 0 fully saturated rings. The topological polar surface area (TPSA) is 23.8 Å². The fourth-order valence-corrected chi connectivity index (χ4v) is 0.415. The molecule has 1 rings (SSSR count). The summed E-state index contributed by atoms with van der Waals surface area (Å²) in [6.07, 6.45) is 0.625. The minimum Gasteiger partial charge on any atom is -0.207 e. The number of nitrogens with zero attached hydrogens (tertiary/aromatic N) is 1. The van der Waals surface area contributed by atoms with Crippen LogP contribution < -0.4 is 0 Å². The Kier molecular flexibility index (Phi) is 14.4. The van der Waals surface area contributed by atoms with Crippen LogP contribution in [0.25, 0.3) is 0 Å². The molecule has 0 aromatic heterocycles. The van der Waals surface area contributed by atoms with Gasteiger partial charge in [-0.3, -0.25) is 0 Å². The number of nitriles is 1. The summed E-state index contributed by atoms with van der Waals surface area (Å²) in [5, 5.41) is 7.62. The molecule has 0 spiro atoms. The van der Waals surface area contributed by atoms with E-state index in [4.69, 9.17) is 5.26 Å². The van der Waals surface area contributed by atoms with Crippen LogP contribution in [0.5, 0.6) is 0 Å². The summed E-state index contributed by atoms with van der Waals surface area (Å²) in [6.45, 7) is 5.82. The van der Waals surface area contributed by atoms with Crippen LogP contribution in [0.4, 0.5) is 4.39 Å². The van der Waals surface area contributed by atoms with E-state index in [2.05, 4.69) is 0 Å². The van der Waals surface area contributed by atoms with Gasteiger partial charge in [0.2, 0.25) is 0 Å². The molecule has 0 N–H and O–H groups in total. The highest BCUT2D eigenvalue weighted by molar-refractivity contribution is 5.02. The molecule has 0 radical (unpaired) electrons. The smallest absolute Gasteiger partial charge is 0.123 e. The van der Waals surface area contributed by atoms with Crippen molar-refractivity contribution in [1.29, 1.82) is 5.26 Å². The molecule has 2 heteroatoms. The first-order chi connectivity index (χ1) is 6.31. The second-order valence-corrected chi connectivity index (χ2v) is 1.81. The summed E-state index contributed by atoms with van der Waals surface area (Å²) in [5.74, 6) is -0.178. The average Bonchev–Trinajstić information content (AvgIpc) is 2.22. The zero-order chi connectivity index (χ0) is 10.5. The summed E-state index contributed by atoms with van der Waals surface area (Å²) < 4.78 is 11.9. The van der Waals surface area contributed by atoms with Gasteiger partial charge in [-0.1, -0.05) is 39.0 Å². The summed E-state index contributed by atoms with van der Waals surface area (Å²) >= 11 is 0. The molecule has 72 valence electrons. The van der Waals surface area contributed by atoms with E-state index in [1.165, 1.54) is 12.1 Å². The Labute approximate surface area is 79.8 Å². The standard InChI is InChI=1S/C6H5F.C3H5N.C2H6/c7-6-4-2-1-3-5-6;1-2-3-4;1-2/h1-5H;2H2,1H3;1-2H3. The first-order valence-electron chi connectivity index (χ1n) is 4.38. The van der Waals surface area contributed by atoms with Crippen LogP contribution in [0.3, 0.4) is 0 Å². The van der Waals surface area contributed by atoms with Crippen LogP contribution in [0, 0.1) is 17.1 Å². The number of rotatable bonds is 0. The molecular weight excluding hydrogens is 165 g/mol. The monoisotopic (exact) mass is 181 g/mol. The molecule has 1 nitrogen and oxygen atoms in total. The normalized spacial score (nSPS) is 6.69. The van der Waals surface area contributed by atoms with E-state index in [1.54, 1.807) is 18.2 Å². The van der Waals surface area contributed by atoms with Gasteiger partial charge in [0.15, 0.2) is 0 Å². The van der Waals surface area contributed by atoms with Crippen LogP contribution in [-0.2, 0) is 0 Å². The van der Waals surface area contributed by atoms with Crippen LogP contribution in [0.15, 0.2) is 30.3 Å². The number of halogens is 1. The second-order valence-electron chi connectivity index (χ2n) is 1.81. The zero-order valence-electron chi connectivity index (χ0n) is 8.42. The molecule has 0 atom stereocenters. The highest BCUT2D eigenvalue weighted by atomic mass is 19.1. The lowest BCUT2D eigenvalue weighted by Crippen LogP contribution is -1.63. The first-order valence-corrected chi connectivity index (χ1v) is 4.38. The van der Waals surface area contributed by atoms with Gasteiger partial charge in [0, 0.05) is 6.42 Å². The third kappa shape index (κ3) is 13.6. The molecule has 0 amide bonds. The molecule has 0 aliphatic carbocycles. The third-order valence-electron chi connectivity index (χ3n) is 0.891. The summed E-state index contributed by atoms with van der Waals surface area (Å²) in [5.41, 5.74) is 0. The van der Waals surface area contributed by atoms with E-state index >= 15 is 0 Å². The highest BCUT2D eigenvalue weighted by Crippen LogP contribution is 1.91. The maximum absolute atomic E-state index is 11.9. The molecular formula is C11H16FN. The second kappa shape index (κ2) is 13.2. The van der Waals surface area contributed by atoms with E-state index < -0.39 is 0 Å². The van der Waals surface area contributed by atoms with E-state index in [9.17, 15) is 4.39 Å². The van der Waals surface area contributed by atoms with Gasteiger partial charge in [0.1, 0.15) is 5.82 Å². The maximum atomic E-state index is 11.9. The fourth-order valence-electron chi connectivity index (χ4n) is 0.415. The average molecular weight is 181 g/mol. The van der Waals surface area contributed by atoms with Gasteiger partial charge < -0.3 is 0 Å². The number of hydrogen-bond acceptors (Lipinski definition) is 1. The minimum absolute atomic E-state index is 0.178. The molecule has 0 bridgehead atoms. The lowest BCUT2D eigenvalue weighted by molar-refractivity contribution is 0.628. The van der Waals surface area contributed by atoms with Crippen molar-refractivity contribution < 1.29 is 4.39 Å². The van der Waals surface area contributed by atoms with Gasteiger partial charge in [-0.2, -0.15) is 5.26 Å². The first kappa shape index (κ1) is 14.2. The predicted molar refractivity (Wildman–Crippen MR) is 53.7 cm³/mol. The van der Waals surface area contributed by atoms with Crippen molar-refractivity contribution in [2.24, 2.45) is 0 Å². The fraction of sp³-hybridized carbons (Fsp3) is 0.364. The molecule has 1 aromatic carbocycles. The Morgan fingerprint density at radius 2 is 1.62 bits per heavy atom. The SMILES string of the molecule is CC.CCC#N.Fc1ccccc1. The van der Waals surface area contributed by atoms with Crippen molar-refractivity contribution in [1.82, 2.24) is 0 Å². The van der Waals surface area contributed by atoms with Crippen molar-refractivity contribution in [2.75, 3.05) is 0 Å². The van der Waals surface area contributed by atoms with Gasteiger partial charge in [-0.25, -0.2) is 4.39 Å². The van der Waals surface area contributed by atoms with E-state index in [1.807, 2.05) is 26.8 Å². The van der Waals surface area contributed by atoms with Gasteiger partial charge in [-0.15, -0.1) is 0 Å². The van der Waals surface area contributed by atoms with Crippen LogP contribution in [0.1, 0.15) is 27.2 Å². The molecule has 0 heterocycles. The van der Waals surface area contributed by atoms with E-state index in [0.717, 1.165) is 0 Å². The van der Waals surface area contributed by atoms with Crippen LogP contribution in [0.2, 0.25) is 0 Å². The van der Waals surface area contributed by atoms with E-state index in [-0.39, 0.29) is 5.82 Å². The Bertz CT molecular complexity index is 213. The molecule has 0 aliphatic rings. The van der Waals surface area contributed by atoms with Gasteiger partial charge in [0.25, 0.3) is 0 Å². The van der Waals surface area contributed by atoms with Gasteiger partial charge in [-0.05, 0) is 12.1 Å². The largest absolute Gasteiger partial charge is 0.207 e. The van der Waals surface area contributed by atoms with E-state index in [0.29, 0.717) is 6.42 Å². The molecule has 13 heavy (non-hydrogen) atoms. The molecule has 1 aromatic rings. The summed E-state index contributed by atoms with van der Waals surface area (Å²) in [6, 6.07) is 9.87. The molecule has 0 saturated carbocycles. The minimum atomic E-state index is -0.178. The molecule has 0 unspecified atom stereocenters. The van der Waals surface area contributed by atoms with Crippen molar-refractivity contribution >= 4 is 0 Å². The lowest BCUT2D eigenvalue weighted by Gasteiger charge is -1.78. The maximum Gasteiger partial charge on any atom is 0.123 e. The zero-order valence-corrected chi connectivity index (χ0v) is 8.42. The van der Waals surface area contributed by atoms with Crippen molar-refractivity contribution in [3.8, 4) is 6.07 Å². The lowest BCUT2D eigenvalue weighted by atomic mass is 10.4. The van der Waals surface area contributed by atoms with Crippen LogP contribution in [-0.4, -0.2) is 0 Å². The predicted octanol–water partition coefficient (Wildman–Crippen LogP) is 3.77. The molecule has 0 aliphatic heterocycles. The van der Waals surface area contributed by atoms with Gasteiger partial charge >= 0.3 is 0 Å². The van der Waals surface area contributed by atoms with Gasteiger partial charge in [0.05, 0.1) is 6.07 Å². The summed E-state index contributed by atoms with van der Waals surface area (Å²) in [4.78, 5) is 0.